The van der Waals surface area contributed by atoms with E-state index in [9.17, 15) is 5.11 Å². The Bertz CT molecular complexity index is 561. The minimum Gasteiger partial charge on any atom is -0.508 e. The Morgan fingerprint density at radius 3 is 2.47 bits per heavy atom. The molecule has 1 saturated carbocycles. The van der Waals surface area contributed by atoms with Gasteiger partial charge >= 0.3 is 0 Å². The van der Waals surface area contributed by atoms with Gasteiger partial charge in [0.2, 0.25) is 0 Å². The van der Waals surface area contributed by atoms with Crippen LogP contribution >= 0.6 is 15.9 Å². The van der Waals surface area contributed by atoms with Gasteiger partial charge in [0.1, 0.15) is 5.75 Å². The maximum absolute atomic E-state index is 9.43. The molecule has 2 aromatic carbocycles. The molecule has 0 bridgehead atoms. The Morgan fingerprint density at radius 2 is 1.79 bits per heavy atom. The lowest BCUT2D eigenvalue weighted by molar-refractivity contribution is 0.374. The van der Waals surface area contributed by atoms with Gasteiger partial charge in [0.25, 0.3) is 0 Å². The zero-order valence-corrected chi connectivity index (χ0v) is 12.1. The Kier molecular flexibility index (Phi) is 3.47. The number of hydrogen-bond donors (Lipinski definition) is 2. The van der Waals surface area contributed by atoms with E-state index in [2.05, 4.69) is 45.5 Å². The molecule has 19 heavy (non-hydrogen) atoms. The van der Waals surface area contributed by atoms with E-state index in [1.165, 1.54) is 5.56 Å². The molecule has 0 spiro atoms. The van der Waals surface area contributed by atoms with Crippen LogP contribution in [0.5, 0.6) is 5.75 Å². The summed E-state index contributed by atoms with van der Waals surface area (Å²) in [7, 11) is 0. The standard InChI is InChI=1S/C16H16BrNO/c17-13-6-4-11(5-7-13)12-8-15(9-12)18-14-2-1-3-16(19)10-14/h1-7,10,12,15,18-19H,8-9H2. The van der Waals surface area contributed by atoms with E-state index in [0.29, 0.717) is 17.7 Å². The Hall–Kier alpha value is -1.48. The monoisotopic (exact) mass is 317 g/mol. The third-order valence-electron chi connectivity index (χ3n) is 3.70. The maximum atomic E-state index is 9.43. The van der Waals surface area contributed by atoms with Crippen molar-refractivity contribution in [2.75, 3.05) is 5.32 Å². The number of rotatable bonds is 3. The largest absolute Gasteiger partial charge is 0.508 e. The number of phenols is 1. The van der Waals surface area contributed by atoms with Crippen molar-refractivity contribution in [2.45, 2.75) is 24.8 Å². The maximum Gasteiger partial charge on any atom is 0.117 e. The molecule has 98 valence electrons. The Labute approximate surface area is 121 Å². The van der Waals surface area contributed by atoms with Gasteiger partial charge in [-0.1, -0.05) is 34.1 Å². The van der Waals surface area contributed by atoms with Gasteiger partial charge in [-0.3, -0.25) is 0 Å². The fourth-order valence-corrected chi connectivity index (χ4v) is 2.84. The van der Waals surface area contributed by atoms with Gasteiger partial charge in [-0.05, 0) is 48.6 Å². The third kappa shape index (κ3) is 2.92. The molecule has 2 N–H and O–H groups in total. The average molecular weight is 318 g/mol. The molecule has 1 aliphatic carbocycles. The molecule has 2 nitrogen and oxygen atoms in total. The first kappa shape index (κ1) is 12.5. The van der Waals surface area contributed by atoms with Crippen molar-refractivity contribution in [1.82, 2.24) is 0 Å². The summed E-state index contributed by atoms with van der Waals surface area (Å²) in [6, 6.07) is 16.4. The molecule has 0 amide bonds. The average Bonchev–Trinajstić information content (AvgIpc) is 2.35. The van der Waals surface area contributed by atoms with E-state index in [4.69, 9.17) is 0 Å². The number of hydrogen-bond acceptors (Lipinski definition) is 2. The van der Waals surface area contributed by atoms with Crippen molar-refractivity contribution >= 4 is 21.6 Å². The van der Waals surface area contributed by atoms with Crippen LogP contribution in [0.1, 0.15) is 24.3 Å². The lowest BCUT2D eigenvalue weighted by Gasteiger charge is -2.37. The second kappa shape index (κ2) is 5.25. The van der Waals surface area contributed by atoms with Crippen LogP contribution in [0.25, 0.3) is 0 Å². The van der Waals surface area contributed by atoms with E-state index < -0.39 is 0 Å². The third-order valence-corrected chi connectivity index (χ3v) is 4.23. The Balaban J connectivity index is 1.57. The summed E-state index contributed by atoms with van der Waals surface area (Å²) in [5, 5.41) is 12.9. The molecular formula is C16H16BrNO. The number of phenolic OH excluding ortho intramolecular Hbond substituents is 1. The summed E-state index contributed by atoms with van der Waals surface area (Å²) >= 11 is 3.46. The van der Waals surface area contributed by atoms with Gasteiger partial charge in [-0.15, -0.1) is 0 Å². The molecule has 0 aliphatic heterocycles. The highest BCUT2D eigenvalue weighted by atomic mass is 79.9. The van der Waals surface area contributed by atoms with Gasteiger partial charge in [-0.2, -0.15) is 0 Å². The number of nitrogens with one attached hydrogen (secondary N) is 1. The molecule has 0 aromatic heterocycles. The molecule has 3 rings (SSSR count). The predicted octanol–water partition coefficient (Wildman–Crippen LogP) is 4.51. The second-order valence-electron chi connectivity index (χ2n) is 5.11. The molecule has 1 fully saturated rings. The van der Waals surface area contributed by atoms with E-state index >= 15 is 0 Å². The quantitative estimate of drug-likeness (QED) is 0.872. The normalized spacial score (nSPS) is 21.7. The van der Waals surface area contributed by atoms with Crippen molar-refractivity contribution in [3.8, 4) is 5.75 Å². The summed E-state index contributed by atoms with van der Waals surface area (Å²) in [6.07, 6.45) is 2.30. The summed E-state index contributed by atoms with van der Waals surface area (Å²) in [4.78, 5) is 0. The molecule has 0 heterocycles. The molecule has 3 heteroatoms. The molecule has 0 radical (unpaired) electrons. The fraction of sp³-hybridized carbons (Fsp3) is 0.250. The summed E-state index contributed by atoms with van der Waals surface area (Å²) in [6.45, 7) is 0. The number of aromatic hydroxyl groups is 1. The smallest absolute Gasteiger partial charge is 0.117 e. The van der Waals surface area contributed by atoms with Crippen molar-refractivity contribution in [1.29, 1.82) is 0 Å². The van der Waals surface area contributed by atoms with Crippen LogP contribution in [-0.2, 0) is 0 Å². The number of benzene rings is 2. The van der Waals surface area contributed by atoms with Gasteiger partial charge < -0.3 is 10.4 Å². The van der Waals surface area contributed by atoms with Gasteiger partial charge in [0.05, 0.1) is 0 Å². The fourth-order valence-electron chi connectivity index (χ4n) is 2.57. The first-order chi connectivity index (χ1) is 9.20. The van der Waals surface area contributed by atoms with Crippen LogP contribution in [0.2, 0.25) is 0 Å². The van der Waals surface area contributed by atoms with E-state index in [-0.39, 0.29) is 0 Å². The first-order valence-electron chi connectivity index (χ1n) is 6.52. The molecule has 0 atom stereocenters. The summed E-state index contributed by atoms with van der Waals surface area (Å²) < 4.78 is 1.13. The lowest BCUT2D eigenvalue weighted by Crippen LogP contribution is -2.33. The van der Waals surface area contributed by atoms with Crippen molar-refractivity contribution in [3.05, 3.63) is 58.6 Å². The topological polar surface area (TPSA) is 32.3 Å². The minimum absolute atomic E-state index is 0.314. The molecule has 2 aromatic rings. The zero-order valence-electron chi connectivity index (χ0n) is 10.5. The number of halogens is 1. The number of anilines is 1. The lowest BCUT2D eigenvalue weighted by atomic mass is 9.76. The molecule has 0 unspecified atom stereocenters. The van der Waals surface area contributed by atoms with Crippen molar-refractivity contribution < 1.29 is 5.11 Å². The predicted molar refractivity (Wildman–Crippen MR) is 81.6 cm³/mol. The van der Waals surface area contributed by atoms with Crippen LogP contribution in [0.3, 0.4) is 0 Å². The molecule has 1 aliphatic rings. The van der Waals surface area contributed by atoms with Crippen LogP contribution in [0, 0.1) is 0 Å². The van der Waals surface area contributed by atoms with Crippen LogP contribution in [-0.4, -0.2) is 11.1 Å². The SMILES string of the molecule is Oc1cccc(NC2CC(c3ccc(Br)cc3)C2)c1. The van der Waals surface area contributed by atoms with Gasteiger partial charge in [-0.25, -0.2) is 0 Å². The van der Waals surface area contributed by atoms with E-state index in [1.807, 2.05) is 12.1 Å². The van der Waals surface area contributed by atoms with Crippen LogP contribution < -0.4 is 5.32 Å². The zero-order chi connectivity index (χ0) is 13.2. The van der Waals surface area contributed by atoms with E-state index in [1.54, 1.807) is 12.1 Å². The van der Waals surface area contributed by atoms with Gasteiger partial charge in [0, 0.05) is 22.3 Å². The van der Waals surface area contributed by atoms with E-state index in [0.717, 1.165) is 23.0 Å². The van der Waals surface area contributed by atoms with Crippen molar-refractivity contribution in [2.24, 2.45) is 0 Å². The Morgan fingerprint density at radius 1 is 1.05 bits per heavy atom. The van der Waals surface area contributed by atoms with Crippen molar-refractivity contribution in [3.63, 3.8) is 0 Å². The molecule has 0 saturated heterocycles. The summed E-state index contributed by atoms with van der Waals surface area (Å²) in [5.74, 6) is 0.969. The summed E-state index contributed by atoms with van der Waals surface area (Å²) in [5.41, 5.74) is 2.41. The minimum atomic E-state index is 0.314. The second-order valence-corrected chi connectivity index (χ2v) is 6.03. The highest BCUT2D eigenvalue weighted by Crippen LogP contribution is 2.39. The first-order valence-corrected chi connectivity index (χ1v) is 7.31. The van der Waals surface area contributed by atoms with Crippen LogP contribution in [0.15, 0.2) is 53.0 Å². The van der Waals surface area contributed by atoms with Crippen LogP contribution in [0.4, 0.5) is 5.69 Å². The highest BCUT2D eigenvalue weighted by molar-refractivity contribution is 9.10. The molecular weight excluding hydrogens is 302 g/mol. The highest BCUT2D eigenvalue weighted by Gasteiger charge is 2.30. The van der Waals surface area contributed by atoms with Gasteiger partial charge in [0.15, 0.2) is 0 Å².